The molecule has 3 fully saturated rings. The highest BCUT2D eigenvalue weighted by atomic mass is 16.6. The van der Waals surface area contributed by atoms with Crippen LogP contribution in [-0.4, -0.2) is 25.2 Å². The van der Waals surface area contributed by atoms with Gasteiger partial charge in [0.05, 0.1) is 7.11 Å². The summed E-state index contributed by atoms with van der Waals surface area (Å²) >= 11 is 0. The van der Waals surface area contributed by atoms with Gasteiger partial charge in [0.25, 0.3) is 0 Å². The molecule has 1 unspecified atom stereocenters. The topological polar surface area (TPSA) is 52.6 Å². The number of ether oxygens (including phenoxy) is 2. The summed E-state index contributed by atoms with van der Waals surface area (Å²) in [5.41, 5.74) is -0.920. The normalized spacial score (nSPS) is 40.6. The maximum atomic E-state index is 11.9. The summed E-state index contributed by atoms with van der Waals surface area (Å²) in [6.07, 6.45) is 6.59. The molecule has 94 valence electrons. The van der Waals surface area contributed by atoms with Crippen LogP contribution in [0.4, 0.5) is 0 Å². The molecule has 0 aromatic heterocycles. The third-order valence-electron chi connectivity index (χ3n) is 4.68. The van der Waals surface area contributed by atoms with Crippen molar-refractivity contribution in [2.75, 3.05) is 7.11 Å². The Hall–Kier alpha value is -1.06. The van der Waals surface area contributed by atoms with Crippen molar-refractivity contribution in [2.45, 2.75) is 44.6 Å². The smallest absolute Gasteiger partial charge is 0.324 e. The number of hydrogen-bond acceptors (Lipinski definition) is 4. The van der Waals surface area contributed by atoms with Crippen molar-refractivity contribution in [3.63, 3.8) is 0 Å². The number of hydrogen-bond donors (Lipinski definition) is 0. The second-order valence-corrected chi connectivity index (χ2v) is 5.54. The van der Waals surface area contributed by atoms with E-state index in [0.717, 1.165) is 12.8 Å². The van der Waals surface area contributed by atoms with E-state index in [1.807, 2.05) is 0 Å². The molecular weight excluding hydrogens is 220 g/mol. The summed E-state index contributed by atoms with van der Waals surface area (Å²) in [7, 11) is 1.34. The Kier molecular flexibility index (Phi) is 2.42. The molecule has 1 saturated heterocycles. The van der Waals surface area contributed by atoms with Gasteiger partial charge < -0.3 is 9.47 Å². The molecule has 3 rings (SSSR count). The van der Waals surface area contributed by atoms with E-state index in [1.165, 1.54) is 26.4 Å². The second kappa shape index (κ2) is 3.72. The summed E-state index contributed by atoms with van der Waals surface area (Å²) < 4.78 is 10.2. The van der Waals surface area contributed by atoms with Gasteiger partial charge in [0, 0.05) is 5.92 Å². The van der Waals surface area contributed by atoms with Crippen LogP contribution < -0.4 is 0 Å². The zero-order valence-corrected chi connectivity index (χ0v) is 10.1. The van der Waals surface area contributed by atoms with Crippen LogP contribution in [0.25, 0.3) is 0 Å². The molecule has 0 N–H and O–H groups in total. The van der Waals surface area contributed by atoms with Gasteiger partial charge in [-0.05, 0) is 25.2 Å². The van der Waals surface area contributed by atoms with Crippen LogP contribution in [0, 0.1) is 17.3 Å². The molecule has 0 amide bonds. The van der Waals surface area contributed by atoms with Crippen molar-refractivity contribution in [1.82, 2.24) is 0 Å². The Morgan fingerprint density at radius 2 is 2.06 bits per heavy atom. The van der Waals surface area contributed by atoms with Crippen molar-refractivity contribution in [2.24, 2.45) is 17.3 Å². The molecule has 4 heteroatoms. The summed E-state index contributed by atoms with van der Waals surface area (Å²) in [6.45, 7) is 0. The highest BCUT2D eigenvalue weighted by Gasteiger charge is 2.76. The van der Waals surface area contributed by atoms with E-state index in [2.05, 4.69) is 0 Å². The maximum absolute atomic E-state index is 11.9. The van der Waals surface area contributed by atoms with E-state index in [-0.39, 0.29) is 18.0 Å². The monoisotopic (exact) mass is 238 g/mol. The molecule has 3 aliphatic rings. The molecular formula is C13H18O4. The number of esters is 2. The molecule has 4 nitrogen and oxygen atoms in total. The van der Waals surface area contributed by atoms with Gasteiger partial charge in [-0.1, -0.05) is 19.3 Å². The molecule has 0 aromatic carbocycles. The number of methoxy groups -OCH3 is 1. The van der Waals surface area contributed by atoms with E-state index >= 15 is 0 Å². The number of cyclic esters (lactones) is 1. The lowest BCUT2D eigenvalue weighted by molar-refractivity contribution is -0.160. The molecule has 0 radical (unpaired) electrons. The van der Waals surface area contributed by atoms with Crippen LogP contribution in [0.3, 0.4) is 0 Å². The zero-order chi connectivity index (χ0) is 12.0. The molecule has 0 aromatic rings. The minimum atomic E-state index is -0.920. The van der Waals surface area contributed by atoms with Gasteiger partial charge in [0.1, 0.15) is 6.10 Å². The molecule has 1 aliphatic heterocycles. The van der Waals surface area contributed by atoms with Crippen LogP contribution in [0.5, 0.6) is 0 Å². The van der Waals surface area contributed by atoms with Gasteiger partial charge in [0.15, 0.2) is 5.41 Å². The highest BCUT2D eigenvalue weighted by Crippen LogP contribution is 2.63. The Morgan fingerprint density at radius 3 is 2.65 bits per heavy atom. The molecule has 2 saturated carbocycles. The quantitative estimate of drug-likeness (QED) is 0.542. The minimum absolute atomic E-state index is 0.0260. The first-order chi connectivity index (χ1) is 8.20. The van der Waals surface area contributed by atoms with Gasteiger partial charge in [0.2, 0.25) is 0 Å². The van der Waals surface area contributed by atoms with Crippen LogP contribution in [0.2, 0.25) is 0 Å². The first-order valence-corrected chi connectivity index (χ1v) is 6.49. The first-order valence-electron chi connectivity index (χ1n) is 6.49. The fourth-order valence-corrected chi connectivity index (χ4v) is 3.62. The highest BCUT2D eigenvalue weighted by molar-refractivity contribution is 6.05. The summed E-state index contributed by atoms with van der Waals surface area (Å²) in [5, 5.41) is 0. The van der Waals surface area contributed by atoms with Crippen molar-refractivity contribution < 1.29 is 19.1 Å². The average Bonchev–Trinajstić information content (AvgIpc) is 3.06. The lowest BCUT2D eigenvalue weighted by Crippen LogP contribution is -2.27. The fourth-order valence-electron chi connectivity index (χ4n) is 3.62. The predicted molar refractivity (Wildman–Crippen MR) is 59.0 cm³/mol. The van der Waals surface area contributed by atoms with E-state index in [9.17, 15) is 9.59 Å². The molecule has 3 atom stereocenters. The van der Waals surface area contributed by atoms with Crippen LogP contribution in [0.1, 0.15) is 38.5 Å². The van der Waals surface area contributed by atoms with Gasteiger partial charge >= 0.3 is 11.9 Å². The van der Waals surface area contributed by atoms with Crippen molar-refractivity contribution in [3.8, 4) is 0 Å². The molecule has 1 heterocycles. The number of carbonyl (C=O) groups is 2. The average molecular weight is 238 g/mol. The number of fused-ring (bicyclic) bond motifs is 1. The molecule has 2 aliphatic carbocycles. The van der Waals surface area contributed by atoms with E-state index in [0.29, 0.717) is 12.3 Å². The first kappa shape index (κ1) is 11.1. The van der Waals surface area contributed by atoms with E-state index in [1.54, 1.807) is 0 Å². The van der Waals surface area contributed by atoms with Gasteiger partial charge in [-0.25, -0.2) is 0 Å². The van der Waals surface area contributed by atoms with Crippen LogP contribution in [0.15, 0.2) is 0 Å². The number of carbonyl (C=O) groups excluding carboxylic acids is 2. The van der Waals surface area contributed by atoms with Gasteiger partial charge in [-0.15, -0.1) is 0 Å². The van der Waals surface area contributed by atoms with Crippen molar-refractivity contribution >= 4 is 11.9 Å². The lowest BCUT2D eigenvalue weighted by Gasteiger charge is -2.27. The zero-order valence-electron chi connectivity index (χ0n) is 10.1. The number of rotatable bonds is 2. The summed E-state index contributed by atoms with van der Waals surface area (Å²) in [5.74, 6) is -0.187. The molecule has 0 spiro atoms. The SMILES string of the molecule is COC(=O)[C@@]12CC1[C@@H](C1CCCCC1)OC2=O. The standard InChI is InChI=1S/C13H18O4/c1-16-11(14)13-7-9(13)10(17-12(13)15)8-5-3-2-4-6-8/h8-10H,2-7H2,1H3/t9?,10-,13-/m1/s1. The van der Waals surface area contributed by atoms with Crippen LogP contribution >= 0.6 is 0 Å². The summed E-state index contributed by atoms with van der Waals surface area (Å²) in [6, 6.07) is 0. The largest absolute Gasteiger partial charge is 0.468 e. The molecule has 0 bridgehead atoms. The van der Waals surface area contributed by atoms with E-state index in [4.69, 9.17) is 9.47 Å². The van der Waals surface area contributed by atoms with Gasteiger partial charge in [-0.3, -0.25) is 9.59 Å². The Morgan fingerprint density at radius 1 is 1.35 bits per heavy atom. The predicted octanol–water partition coefficient (Wildman–Crippen LogP) is 1.67. The van der Waals surface area contributed by atoms with Crippen LogP contribution in [-0.2, 0) is 19.1 Å². The molecule has 17 heavy (non-hydrogen) atoms. The summed E-state index contributed by atoms with van der Waals surface area (Å²) in [4.78, 5) is 23.6. The third kappa shape index (κ3) is 1.42. The Labute approximate surface area is 101 Å². The Bertz CT molecular complexity index is 358. The van der Waals surface area contributed by atoms with E-state index < -0.39 is 11.4 Å². The lowest BCUT2D eigenvalue weighted by atomic mass is 9.83. The minimum Gasteiger partial charge on any atom is -0.468 e. The second-order valence-electron chi connectivity index (χ2n) is 5.54. The maximum Gasteiger partial charge on any atom is 0.324 e. The third-order valence-corrected chi connectivity index (χ3v) is 4.68. The Balaban J connectivity index is 1.75. The fraction of sp³-hybridized carbons (Fsp3) is 0.846. The van der Waals surface area contributed by atoms with Crippen molar-refractivity contribution in [3.05, 3.63) is 0 Å². The van der Waals surface area contributed by atoms with Crippen molar-refractivity contribution in [1.29, 1.82) is 0 Å². The van der Waals surface area contributed by atoms with Gasteiger partial charge in [-0.2, -0.15) is 0 Å².